The Hall–Kier alpha value is -2.48. The van der Waals surface area contributed by atoms with Crippen LogP contribution in [0.15, 0.2) is 48.0 Å². The van der Waals surface area contributed by atoms with Gasteiger partial charge in [-0.3, -0.25) is 4.79 Å². The second kappa shape index (κ2) is 12.3. The fourth-order valence-electron chi connectivity index (χ4n) is 2.99. The van der Waals surface area contributed by atoms with E-state index < -0.39 is 0 Å². The molecule has 1 aromatic heterocycles. The number of aryl methyl sites for hydroxylation is 2. The van der Waals surface area contributed by atoms with E-state index in [0.29, 0.717) is 54.6 Å². The van der Waals surface area contributed by atoms with Crippen molar-refractivity contribution < 1.29 is 9.90 Å². The predicted molar refractivity (Wildman–Crippen MR) is 125 cm³/mol. The molecule has 0 aliphatic carbocycles. The van der Waals surface area contributed by atoms with Gasteiger partial charge in [0.2, 0.25) is 0 Å². The zero-order valence-electron chi connectivity index (χ0n) is 17.6. The van der Waals surface area contributed by atoms with E-state index in [-0.39, 0.29) is 12.4 Å². The van der Waals surface area contributed by atoms with Crippen LogP contribution in [-0.2, 0) is 6.42 Å². The maximum Gasteiger partial charge on any atom is 0.169 e. The smallest absolute Gasteiger partial charge is 0.169 e. The summed E-state index contributed by atoms with van der Waals surface area (Å²) in [7, 11) is 0. The van der Waals surface area contributed by atoms with Gasteiger partial charge in [0.1, 0.15) is 10.8 Å². The van der Waals surface area contributed by atoms with Gasteiger partial charge in [-0.1, -0.05) is 48.6 Å². The number of nitrogens with two attached hydrogens (primary N) is 1. The molecule has 0 atom stereocenters. The molecule has 0 fully saturated rings. The third-order valence-electron chi connectivity index (χ3n) is 4.53. The van der Waals surface area contributed by atoms with Crippen LogP contribution < -0.4 is 11.1 Å². The van der Waals surface area contributed by atoms with Gasteiger partial charge in [-0.05, 0) is 43.7 Å². The summed E-state index contributed by atoms with van der Waals surface area (Å²) in [5.74, 6) is 0.930. The Labute approximate surface area is 182 Å². The van der Waals surface area contributed by atoms with E-state index in [4.69, 9.17) is 5.73 Å². The zero-order valence-corrected chi connectivity index (χ0v) is 18.5. The highest BCUT2D eigenvalue weighted by atomic mass is 32.2. The SMILES string of the molecule is C=C/C=C(\CCN)c1nc(NCCO)c(C(=O)CCc2ccc(C)cc2)c(SC)n1. The van der Waals surface area contributed by atoms with Gasteiger partial charge in [0.05, 0.1) is 12.2 Å². The zero-order chi connectivity index (χ0) is 21.9. The molecule has 0 aliphatic rings. The van der Waals surface area contributed by atoms with Crippen LogP contribution in [0.25, 0.3) is 5.57 Å². The van der Waals surface area contributed by atoms with Crippen molar-refractivity contribution in [2.45, 2.75) is 31.2 Å². The van der Waals surface area contributed by atoms with Gasteiger partial charge in [-0.15, -0.1) is 11.8 Å². The quantitative estimate of drug-likeness (QED) is 0.206. The van der Waals surface area contributed by atoms with E-state index in [2.05, 4.69) is 21.9 Å². The third-order valence-corrected chi connectivity index (χ3v) is 5.22. The highest BCUT2D eigenvalue weighted by molar-refractivity contribution is 7.98. The Bertz CT molecular complexity index is 895. The van der Waals surface area contributed by atoms with Gasteiger partial charge in [-0.2, -0.15) is 0 Å². The van der Waals surface area contributed by atoms with Crippen molar-refractivity contribution in [1.29, 1.82) is 0 Å². The molecule has 0 unspecified atom stereocenters. The van der Waals surface area contributed by atoms with E-state index in [1.807, 2.05) is 43.5 Å². The number of thioether (sulfide) groups is 1. The lowest BCUT2D eigenvalue weighted by Crippen LogP contribution is -2.16. The minimum absolute atomic E-state index is 0.0278. The van der Waals surface area contributed by atoms with Gasteiger partial charge in [0.15, 0.2) is 11.6 Å². The minimum atomic E-state index is -0.0664. The van der Waals surface area contributed by atoms with Crippen molar-refractivity contribution in [3.63, 3.8) is 0 Å². The summed E-state index contributed by atoms with van der Waals surface area (Å²) in [5, 5.41) is 13.0. The summed E-state index contributed by atoms with van der Waals surface area (Å²) in [4.78, 5) is 22.4. The average Bonchev–Trinajstić information content (AvgIpc) is 2.76. The number of rotatable bonds is 12. The number of nitrogens with one attached hydrogen (secondary N) is 1. The lowest BCUT2D eigenvalue weighted by Gasteiger charge is -2.16. The number of carbonyl (C=O) groups excluding carboxylic acids is 1. The van der Waals surface area contributed by atoms with Crippen molar-refractivity contribution in [2.75, 3.05) is 31.3 Å². The Balaban J connectivity index is 2.39. The molecule has 2 aromatic rings. The Morgan fingerprint density at radius 3 is 2.60 bits per heavy atom. The van der Waals surface area contributed by atoms with Crippen LogP contribution in [-0.4, -0.2) is 46.8 Å². The van der Waals surface area contributed by atoms with E-state index in [1.54, 1.807) is 6.08 Å². The molecule has 2 rings (SSSR count). The van der Waals surface area contributed by atoms with E-state index in [0.717, 1.165) is 11.1 Å². The number of aromatic nitrogens is 2. The van der Waals surface area contributed by atoms with Crippen molar-refractivity contribution in [3.05, 3.63) is 65.5 Å². The monoisotopic (exact) mass is 426 g/mol. The largest absolute Gasteiger partial charge is 0.395 e. The number of ketones is 1. The molecule has 0 radical (unpaired) electrons. The predicted octanol–water partition coefficient (Wildman–Crippen LogP) is 3.64. The van der Waals surface area contributed by atoms with Crippen LogP contribution in [0.5, 0.6) is 0 Å². The Morgan fingerprint density at radius 1 is 1.27 bits per heavy atom. The molecule has 0 saturated carbocycles. The molecular weight excluding hydrogens is 396 g/mol. The summed E-state index contributed by atoms with van der Waals surface area (Å²) in [6.45, 7) is 6.46. The minimum Gasteiger partial charge on any atom is -0.395 e. The van der Waals surface area contributed by atoms with E-state index >= 15 is 0 Å². The number of aliphatic hydroxyl groups excluding tert-OH is 1. The van der Waals surface area contributed by atoms with E-state index in [1.165, 1.54) is 17.3 Å². The molecule has 30 heavy (non-hydrogen) atoms. The Kier molecular flexibility index (Phi) is 9.73. The van der Waals surface area contributed by atoms with Crippen LogP contribution in [0.1, 0.15) is 40.2 Å². The highest BCUT2D eigenvalue weighted by Crippen LogP contribution is 2.29. The molecule has 0 aliphatic heterocycles. The summed E-state index contributed by atoms with van der Waals surface area (Å²) in [5.41, 5.74) is 9.36. The van der Waals surface area contributed by atoms with Crippen molar-refractivity contribution in [2.24, 2.45) is 5.73 Å². The summed E-state index contributed by atoms with van der Waals surface area (Å²) in [6.07, 6.45) is 6.99. The van der Waals surface area contributed by atoms with Gasteiger partial charge in [0.25, 0.3) is 0 Å². The number of benzene rings is 1. The number of hydrogen-bond donors (Lipinski definition) is 3. The molecule has 1 aromatic carbocycles. The van der Waals surface area contributed by atoms with Gasteiger partial charge in [0, 0.05) is 13.0 Å². The number of hydrogen-bond acceptors (Lipinski definition) is 7. The van der Waals surface area contributed by atoms with Crippen LogP contribution in [0.2, 0.25) is 0 Å². The topological polar surface area (TPSA) is 101 Å². The lowest BCUT2D eigenvalue weighted by atomic mass is 10.0. The first-order valence-electron chi connectivity index (χ1n) is 9.95. The molecule has 6 nitrogen and oxygen atoms in total. The molecule has 7 heteroatoms. The van der Waals surface area contributed by atoms with Crippen molar-refractivity contribution in [1.82, 2.24) is 9.97 Å². The van der Waals surface area contributed by atoms with Crippen LogP contribution >= 0.6 is 11.8 Å². The summed E-state index contributed by atoms with van der Waals surface area (Å²) in [6, 6.07) is 8.18. The molecular formula is C23H30N4O2S. The third kappa shape index (κ3) is 6.52. The first kappa shape index (κ1) is 23.8. The number of carbonyl (C=O) groups is 1. The second-order valence-electron chi connectivity index (χ2n) is 6.81. The van der Waals surface area contributed by atoms with Gasteiger partial charge < -0.3 is 16.2 Å². The first-order chi connectivity index (χ1) is 14.5. The summed E-state index contributed by atoms with van der Waals surface area (Å²) >= 11 is 1.40. The maximum atomic E-state index is 13.1. The normalized spacial score (nSPS) is 11.4. The fraction of sp³-hybridized carbons (Fsp3) is 0.348. The van der Waals surface area contributed by atoms with Crippen molar-refractivity contribution in [3.8, 4) is 0 Å². The van der Waals surface area contributed by atoms with Crippen LogP contribution in [0.3, 0.4) is 0 Å². The number of Topliss-reactive ketones (excluding diaryl/α,β-unsaturated/α-hetero) is 1. The number of nitrogens with zero attached hydrogens (tertiary/aromatic N) is 2. The van der Waals surface area contributed by atoms with E-state index in [9.17, 15) is 9.90 Å². The number of aliphatic hydroxyl groups is 1. The molecule has 0 spiro atoms. The second-order valence-corrected chi connectivity index (χ2v) is 7.60. The Morgan fingerprint density at radius 2 is 2.00 bits per heavy atom. The van der Waals surface area contributed by atoms with Gasteiger partial charge >= 0.3 is 0 Å². The van der Waals surface area contributed by atoms with Crippen LogP contribution in [0, 0.1) is 6.92 Å². The molecule has 0 saturated heterocycles. The first-order valence-corrected chi connectivity index (χ1v) is 11.2. The van der Waals surface area contributed by atoms with Crippen LogP contribution in [0.4, 0.5) is 5.82 Å². The molecule has 0 amide bonds. The van der Waals surface area contributed by atoms with Crippen molar-refractivity contribution >= 4 is 28.9 Å². The highest BCUT2D eigenvalue weighted by Gasteiger charge is 2.21. The molecule has 160 valence electrons. The number of anilines is 1. The molecule has 1 heterocycles. The van der Waals surface area contributed by atoms with Gasteiger partial charge in [-0.25, -0.2) is 9.97 Å². The summed E-state index contributed by atoms with van der Waals surface area (Å²) < 4.78 is 0. The lowest BCUT2D eigenvalue weighted by molar-refractivity contribution is 0.0979. The average molecular weight is 427 g/mol. The molecule has 4 N–H and O–H groups in total. The molecule has 0 bridgehead atoms. The fourth-order valence-corrected chi connectivity index (χ4v) is 3.58. The standard InChI is InChI=1S/C23H30N4O2S/c1-4-5-18(12-13-24)21-26-22(25-14-15-28)20(23(27-21)30-3)19(29)11-10-17-8-6-16(2)7-9-17/h4-9,28H,1,10-15,24H2,2-3H3,(H,25,26,27)/b18-5+. The number of allylic oxidation sites excluding steroid dienone is 2. The maximum absolute atomic E-state index is 13.1.